The van der Waals surface area contributed by atoms with Crippen molar-refractivity contribution in [1.29, 1.82) is 0 Å². The number of hydrogen-bond donors (Lipinski definition) is 4. The van der Waals surface area contributed by atoms with Crippen LogP contribution in [0, 0.1) is 0 Å². The Kier molecular flexibility index (Phi) is 5.07. The van der Waals surface area contributed by atoms with Gasteiger partial charge in [-0.3, -0.25) is 10.4 Å². The summed E-state index contributed by atoms with van der Waals surface area (Å²) < 4.78 is 72.1. The van der Waals surface area contributed by atoms with Gasteiger partial charge in [0.05, 0.1) is 16.8 Å². The molecule has 10 nitrogen and oxygen atoms in total. The van der Waals surface area contributed by atoms with Gasteiger partial charge < -0.3 is 15.6 Å². The van der Waals surface area contributed by atoms with Gasteiger partial charge in [-0.2, -0.15) is 18.3 Å². The lowest BCUT2D eigenvalue weighted by Crippen LogP contribution is -2.28. The lowest BCUT2D eigenvalue weighted by molar-refractivity contribution is -0.161. The Morgan fingerprint density at radius 3 is 2.63 bits per heavy atom. The van der Waals surface area contributed by atoms with Crippen molar-refractivity contribution < 1.29 is 31.3 Å². The lowest BCUT2D eigenvalue weighted by Gasteiger charge is -2.15. The van der Waals surface area contributed by atoms with Crippen LogP contribution >= 0.6 is 0 Å². The Bertz CT molecular complexity index is 1430. The van der Waals surface area contributed by atoms with Crippen LogP contribution in [0.1, 0.15) is 30.5 Å². The van der Waals surface area contributed by atoms with Gasteiger partial charge in [0.1, 0.15) is 23.3 Å². The highest BCUT2D eigenvalue weighted by atomic mass is 19.4. The largest absolute Gasteiger partial charge is 0.400 e. The number of nitrogen functional groups attached to an aromatic ring is 1. The number of aromatic amines is 1. The zero-order valence-electron chi connectivity index (χ0n) is 17.5. The molecule has 0 saturated heterocycles. The molecule has 5 N–H and O–H groups in total. The van der Waals surface area contributed by atoms with Crippen LogP contribution in [0.5, 0.6) is 0 Å². The van der Waals surface area contributed by atoms with Gasteiger partial charge in [-0.15, -0.1) is 0 Å². The van der Waals surface area contributed by atoms with Crippen LogP contribution < -0.4 is 16.4 Å². The molecule has 1 aliphatic carbocycles. The molecule has 0 bridgehead atoms. The first-order valence-electron chi connectivity index (χ1n) is 10.1. The second-order valence-electron chi connectivity index (χ2n) is 7.89. The minimum atomic E-state index is -4.51. The van der Waals surface area contributed by atoms with Crippen LogP contribution in [-0.2, 0) is 5.41 Å². The highest BCUT2D eigenvalue weighted by Gasteiger charge is 2.66. The molecule has 2 amide bonds. The normalized spacial score (nSPS) is 14.9. The fourth-order valence-electron chi connectivity index (χ4n) is 3.74. The zero-order valence-corrected chi connectivity index (χ0v) is 17.5. The highest BCUT2D eigenvalue weighted by molar-refractivity contribution is 6.01. The Balaban J connectivity index is 1.37. The third-order valence-corrected chi connectivity index (χ3v) is 5.73. The smallest absolute Gasteiger partial charge is 0.383 e. The minimum absolute atomic E-state index is 0.101. The van der Waals surface area contributed by atoms with Crippen molar-refractivity contribution in [3.63, 3.8) is 0 Å². The fraction of sp³-hybridized carbons (Fsp3) is 0.250. The molecule has 5 rings (SSSR count). The van der Waals surface area contributed by atoms with E-state index < -0.39 is 29.6 Å². The number of nitrogens with one attached hydrogen (secondary N) is 3. The minimum Gasteiger partial charge on any atom is -0.383 e. The van der Waals surface area contributed by atoms with Gasteiger partial charge in [-0.1, -0.05) is 11.2 Å². The van der Waals surface area contributed by atoms with Crippen LogP contribution in [-0.4, -0.2) is 37.5 Å². The number of anilines is 3. The van der Waals surface area contributed by atoms with Crippen LogP contribution in [0.4, 0.5) is 44.1 Å². The Morgan fingerprint density at radius 1 is 1.17 bits per heavy atom. The van der Waals surface area contributed by atoms with E-state index in [4.69, 9.17) is 10.3 Å². The van der Waals surface area contributed by atoms with Crippen LogP contribution in [0.15, 0.2) is 35.1 Å². The van der Waals surface area contributed by atoms with Crippen LogP contribution in [0.2, 0.25) is 0 Å². The Hall–Kier alpha value is -4.30. The summed E-state index contributed by atoms with van der Waals surface area (Å²) in [6.07, 6.45) is -6.55. The van der Waals surface area contributed by atoms with Crippen molar-refractivity contribution in [2.45, 2.75) is 30.9 Å². The SMILES string of the molecule is Nc1ncnc2n[nH]c(-c3ccc(NC(=O)Nc4cc(C5(C(F)(F)F)CC5)no4)c(C(F)F)c3)c12. The number of H-pyrrole nitrogens is 1. The number of alkyl halides is 5. The molecule has 182 valence electrons. The molecule has 3 heterocycles. The first-order chi connectivity index (χ1) is 16.6. The third-order valence-electron chi connectivity index (χ3n) is 5.73. The van der Waals surface area contributed by atoms with Gasteiger partial charge in [0, 0.05) is 17.2 Å². The maximum absolute atomic E-state index is 13.8. The van der Waals surface area contributed by atoms with E-state index >= 15 is 0 Å². The number of aromatic nitrogens is 5. The zero-order chi connectivity index (χ0) is 25.0. The number of benzene rings is 1. The van der Waals surface area contributed by atoms with E-state index in [2.05, 4.69) is 36.0 Å². The lowest BCUT2D eigenvalue weighted by atomic mass is 10.0. The number of carbonyl (C=O) groups is 1. The van der Waals surface area contributed by atoms with E-state index in [1.807, 2.05) is 0 Å². The third kappa shape index (κ3) is 3.87. The molecule has 1 aromatic carbocycles. The molecular weight excluding hydrogens is 479 g/mol. The molecule has 1 fully saturated rings. The number of carbonyl (C=O) groups excluding carboxylic acids is 1. The molecule has 4 aromatic rings. The number of nitrogens with two attached hydrogens (primary N) is 1. The average molecular weight is 494 g/mol. The molecule has 0 aliphatic heterocycles. The second kappa shape index (κ2) is 7.89. The standard InChI is InChI=1S/C20H15F5N8O2/c21-15(22)9-5-8(14-13-16(26)27-7-28-17(13)32-31-14)1-2-10(9)29-18(34)30-12-6-11(33-35-12)19(3-4-19)20(23,24)25/h1-2,5-7,15H,3-4H2,(H2,29,30,34)(H3,26,27,28,31,32). The summed E-state index contributed by atoms with van der Waals surface area (Å²) in [5, 5.41) is 14.8. The average Bonchev–Trinajstić information content (AvgIpc) is 3.30. The fourth-order valence-corrected chi connectivity index (χ4v) is 3.74. The van der Waals surface area contributed by atoms with Crippen LogP contribution in [0.3, 0.4) is 0 Å². The van der Waals surface area contributed by atoms with Gasteiger partial charge in [-0.05, 0) is 25.0 Å². The summed E-state index contributed by atoms with van der Waals surface area (Å²) in [5.41, 5.74) is 3.51. The van der Waals surface area contributed by atoms with Gasteiger partial charge in [-0.25, -0.2) is 23.5 Å². The number of rotatable bonds is 5. The predicted molar refractivity (Wildman–Crippen MR) is 113 cm³/mol. The molecule has 1 aliphatic rings. The van der Waals surface area contributed by atoms with E-state index in [1.54, 1.807) is 0 Å². The summed E-state index contributed by atoms with van der Waals surface area (Å²) in [6.45, 7) is 0. The summed E-state index contributed by atoms with van der Waals surface area (Å²) in [7, 11) is 0. The molecule has 0 spiro atoms. The van der Waals surface area contributed by atoms with Gasteiger partial charge >= 0.3 is 12.2 Å². The number of urea groups is 1. The van der Waals surface area contributed by atoms with Crippen molar-refractivity contribution >= 4 is 34.5 Å². The molecule has 15 heteroatoms. The van der Waals surface area contributed by atoms with E-state index in [0.29, 0.717) is 11.1 Å². The number of nitrogens with zero attached hydrogens (tertiary/aromatic N) is 4. The van der Waals surface area contributed by atoms with E-state index in [0.717, 1.165) is 12.1 Å². The van der Waals surface area contributed by atoms with Crippen molar-refractivity contribution in [1.82, 2.24) is 25.3 Å². The summed E-state index contributed by atoms with van der Waals surface area (Å²) in [5.74, 6) is -0.258. The number of amides is 2. The van der Waals surface area contributed by atoms with Crippen molar-refractivity contribution in [3.8, 4) is 11.3 Å². The molecule has 0 radical (unpaired) electrons. The summed E-state index contributed by atoms with van der Waals surface area (Å²) in [6, 6.07) is 3.76. The van der Waals surface area contributed by atoms with E-state index in [-0.39, 0.29) is 47.1 Å². The molecule has 35 heavy (non-hydrogen) atoms. The van der Waals surface area contributed by atoms with Crippen molar-refractivity contribution in [3.05, 3.63) is 41.9 Å². The van der Waals surface area contributed by atoms with Gasteiger partial charge in [0.15, 0.2) is 5.65 Å². The first-order valence-corrected chi connectivity index (χ1v) is 10.1. The van der Waals surface area contributed by atoms with Crippen molar-refractivity contribution in [2.75, 3.05) is 16.4 Å². The molecular formula is C20H15F5N8O2. The maximum Gasteiger partial charge on any atom is 0.400 e. The molecule has 0 atom stereocenters. The summed E-state index contributed by atoms with van der Waals surface area (Å²) in [4.78, 5) is 20.2. The second-order valence-corrected chi connectivity index (χ2v) is 7.89. The van der Waals surface area contributed by atoms with Gasteiger partial charge in [0.25, 0.3) is 6.43 Å². The van der Waals surface area contributed by atoms with E-state index in [9.17, 15) is 26.7 Å². The topological polar surface area (TPSA) is 148 Å². The maximum atomic E-state index is 13.8. The number of fused-ring (bicyclic) bond motifs is 1. The Morgan fingerprint density at radius 2 is 1.94 bits per heavy atom. The molecule has 0 unspecified atom stereocenters. The highest BCUT2D eigenvalue weighted by Crippen LogP contribution is 2.58. The van der Waals surface area contributed by atoms with E-state index in [1.165, 1.54) is 18.5 Å². The molecule has 3 aromatic heterocycles. The molecule has 1 saturated carbocycles. The van der Waals surface area contributed by atoms with Gasteiger partial charge in [0.2, 0.25) is 5.88 Å². The first kappa shape index (κ1) is 22.5. The summed E-state index contributed by atoms with van der Waals surface area (Å²) >= 11 is 0. The van der Waals surface area contributed by atoms with Crippen LogP contribution in [0.25, 0.3) is 22.3 Å². The van der Waals surface area contributed by atoms with Crippen molar-refractivity contribution in [2.24, 2.45) is 0 Å². The quantitative estimate of drug-likeness (QED) is 0.292. The predicted octanol–water partition coefficient (Wildman–Crippen LogP) is 4.77. The number of hydrogen-bond acceptors (Lipinski definition) is 7. The Labute approximate surface area is 192 Å². The monoisotopic (exact) mass is 494 g/mol. The number of halogens is 5.